The molecule has 2 aromatic carbocycles. The number of carbonyl (C=O) groups is 1. The second-order valence-corrected chi connectivity index (χ2v) is 9.42. The van der Waals surface area contributed by atoms with Crippen molar-refractivity contribution in [3.8, 4) is 10.6 Å². The molecule has 156 valence electrons. The minimum Gasteiger partial charge on any atom is -0.481 e. The van der Waals surface area contributed by atoms with Crippen LogP contribution in [0.15, 0.2) is 53.5 Å². The predicted octanol–water partition coefficient (Wildman–Crippen LogP) is 5.32. The molecule has 0 radical (unpaired) electrons. The van der Waals surface area contributed by atoms with Gasteiger partial charge in [0.05, 0.1) is 11.5 Å². The van der Waals surface area contributed by atoms with Gasteiger partial charge in [0.2, 0.25) is 4.80 Å². The maximum absolute atomic E-state index is 12.3. The van der Waals surface area contributed by atoms with Crippen molar-refractivity contribution in [1.29, 1.82) is 0 Å². The molecule has 1 aliphatic rings. The van der Waals surface area contributed by atoms with Crippen LogP contribution in [0.1, 0.15) is 31.2 Å². The fraction of sp³-hybridized carbons (Fsp3) is 0.318. The van der Waals surface area contributed by atoms with E-state index in [1.807, 2.05) is 43.4 Å². The fourth-order valence-corrected chi connectivity index (χ4v) is 5.25. The first kappa shape index (κ1) is 21.1. The van der Waals surface area contributed by atoms with Gasteiger partial charge in [0.1, 0.15) is 5.01 Å². The molecule has 0 amide bonds. The fourth-order valence-electron chi connectivity index (χ4n) is 4.03. The van der Waals surface area contributed by atoms with Gasteiger partial charge in [-0.3, -0.25) is 9.79 Å². The van der Waals surface area contributed by atoms with Crippen molar-refractivity contribution >= 4 is 40.5 Å². The van der Waals surface area contributed by atoms with Gasteiger partial charge in [0, 0.05) is 22.7 Å². The normalized spacial score (nSPS) is 22.2. The zero-order valence-electron chi connectivity index (χ0n) is 16.4. The lowest BCUT2D eigenvalue weighted by atomic mass is 9.68. The molecular weight excluding hydrogens is 441 g/mol. The van der Waals surface area contributed by atoms with E-state index in [-0.39, 0.29) is 6.04 Å². The predicted molar refractivity (Wildman–Crippen MR) is 120 cm³/mol. The number of nitrogens with zero attached hydrogens (tertiary/aromatic N) is 3. The van der Waals surface area contributed by atoms with Gasteiger partial charge in [-0.15, -0.1) is 0 Å². The lowest BCUT2D eigenvalue weighted by Crippen LogP contribution is -2.42. The zero-order chi connectivity index (χ0) is 21.3. The van der Waals surface area contributed by atoms with Crippen LogP contribution >= 0.6 is 34.5 Å². The van der Waals surface area contributed by atoms with Crippen LogP contribution in [0.2, 0.25) is 10.0 Å². The highest BCUT2D eigenvalue weighted by atomic mass is 35.5. The maximum atomic E-state index is 12.3. The monoisotopic (exact) mass is 461 g/mol. The largest absolute Gasteiger partial charge is 0.481 e. The van der Waals surface area contributed by atoms with Gasteiger partial charge in [-0.25, -0.2) is 4.68 Å². The van der Waals surface area contributed by atoms with E-state index in [2.05, 4.69) is 5.10 Å². The molecule has 2 atom stereocenters. The number of aliphatic carboxylic acids is 1. The van der Waals surface area contributed by atoms with Crippen molar-refractivity contribution in [2.75, 3.05) is 0 Å². The van der Waals surface area contributed by atoms with Crippen LogP contribution in [0.5, 0.6) is 0 Å². The highest BCUT2D eigenvalue weighted by Crippen LogP contribution is 2.41. The highest BCUT2D eigenvalue weighted by Gasteiger charge is 2.44. The second kappa shape index (κ2) is 8.53. The third kappa shape index (κ3) is 4.17. The summed E-state index contributed by atoms with van der Waals surface area (Å²) >= 11 is 13.5. The SMILES string of the molecule is Cn1nc(-c2ccc(Cl)cc2)sc1=NC1CCCC(C(=O)O)(c2ccc(Cl)cc2)C1. The highest BCUT2D eigenvalue weighted by molar-refractivity contribution is 7.12. The van der Waals surface area contributed by atoms with Crippen molar-refractivity contribution in [2.45, 2.75) is 37.1 Å². The molecule has 0 aliphatic heterocycles. The Morgan fingerprint density at radius 3 is 2.43 bits per heavy atom. The van der Waals surface area contributed by atoms with E-state index in [1.165, 1.54) is 11.3 Å². The van der Waals surface area contributed by atoms with E-state index in [0.29, 0.717) is 22.9 Å². The summed E-state index contributed by atoms with van der Waals surface area (Å²) in [5.41, 5.74) is 0.820. The van der Waals surface area contributed by atoms with Crippen molar-refractivity contribution in [1.82, 2.24) is 9.78 Å². The first-order valence-electron chi connectivity index (χ1n) is 9.71. The number of halogens is 2. The number of carboxylic acid groups (broad SMARTS) is 1. The average molecular weight is 462 g/mol. The van der Waals surface area contributed by atoms with Crippen LogP contribution in [0.4, 0.5) is 0 Å². The van der Waals surface area contributed by atoms with Gasteiger partial charge in [-0.05, 0) is 55.5 Å². The lowest BCUT2D eigenvalue weighted by molar-refractivity contribution is -0.145. The van der Waals surface area contributed by atoms with Crippen molar-refractivity contribution in [3.05, 3.63) is 68.9 Å². The van der Waals surface area contributed by atoms with Gasteiger partial charge in [0.25, 0.3) is 0 Å². The molecule has 1 fully saturated rings. The molecule has 1 aromatic heterocycles. The quantitative estimate of drug-likeness (QED) is 0.571. The van der Waals surface area contributed by atoms with Gasteiger partial charge in [0.15, 0.2) is 0 Å². The summed E-state index contributed by atoms with van der Waals surface area (Å²) in [6.45, 7) is 0. The summed E-state index contributed by atoms with van der Waals surface area (Å²) in [7, 11) is 1.86. The summed E-state index contributed by atoms with van der Waals surface area (Å²) in [5, 5.41) is 16.8. The number of benzene rings is 2. The number of hydrogen-bond donors (Lipinski definition) is 1. The van der Waals surface area contributed by atoms with Crippen molar-refractivity contribution in [2.24, 2.45) is 12.0 Å². The summed E-state index contributed by atoms with van der Waals surface area (Å²) in [6, 6.07) is 14.6. The smallest absolute Gasteiger partial charge is 0.314 e. The second-order valence-electron chi connectivity index (χ2n) is 7.59. The third-order valence-electron chi connectivity index (χ3n) is 5.62. The number of carboxylic acids is 1. The Kier molecular flexibility index (Phi) is 6.00. The Morgan fingerprint density at radius 1 is 1.17 bits per heavy atom. The molecule has 5 nitrogen and oxygen atoms in total. The van der Waals surface area contributed by atoms with Gasteiger partial charge in [-0.1, -0.05) is 58.8 Å². The minimum atomic E-state index is -0.945. The van der Waals surface area contributed by atoms with Gasteiger partial charge >= 0.3 is 5.97 Å². The van der Waals surface area contributed by atoms with Gasteiger partial charge < -0.3 is 5.11 Å². The van der Waals surface area contributed by atoms with Crippen LogP contribution in [0, 0.1) is 0 Å². The van der Waals surface area contributed by atoms with Crippen LogP contribution < -0.4 is 4.80 Å². The minimum absolute atomic E-state index is 0.0877. The Hall–Kier alpha value is -2.15. The molecule has 8 heteroatoms. The summed E-state index contributed by atoms with van der Waals surface area (Å²) < 4.78 is 1.76. The molecule has 2 unspecified atom stereocenters. The average Bonchev–Trinajstić information content (AvgIpc) is 3.09. The molecule has 0 bridgehead atoms. The Labute approximate surface area is 188 Å². The van der Waals surface area contributed by atoms with Crippen LogP contribution in [0.3, 0.4) is 0 Å². The van der Waals surface area contributed by atoms with E-state index in [9.17, 15) is 9.90 Å². The van der Waals surface area contributed by atoms with E-state index >= 15 is 0 Å². The first-order chi connectivity index (χ1) is 14.4. The van der Waals surface area contributed by atoms with E-state index in [1.54, 1.807) is 16.8 Å². The molecule has 1 aliphatic carbocycles. The Balaban J connectivity index is 1.66. The molecule has 1 heterocycles. The molecule has 3 aromatic rings. The maximum Gasteiger partial charge on any atom is 0.314 e. The molecule has 1 N–H and O–H groups in total. The standard InChI is InChI=1S/C22H21Cl2N3O2S/c1-27-21(30-19(26-27)14-4-8-16(23)9-5-14)25-18-3-2-12-22(13-18,20(28)29)15-6-10-17(24)11-7-15/h4-11,18H,2-3,12-13H2,1H3,(H,28,29). The molecule has 30 heavy (non-hydrogen) atoms. The van der Waals surface area contributed by atoms with Crippen LogP contribution in [-0.4, -0.2) is 26.9 Å². The molecule has 0 saturated heterocycles. The molecule has 0 spiro atoms. The van der Waals surface area contributed by atoms with E-state index in [0.717, 1.165) is 33.8 Å². The number of aryl methyl sites for hydroxylation is 1. The first-order valence-corrected chi connectivity index (χ1v) is 11.3. The summed E-state index contributed by atoms with van der Waals surface area (Å²) in [4.78, 5) is 18.0. The van der Waals surface area contributed by atoms with E-state index < -0.39 is 11.4 Å². The molecular formula is C22H21Cl2N3O2S. The van der Waals surface area contributed by atoms with E-state index in [4.69, 9.17) is 28.2 Å². The topological polar surface area (TPSA) is 67.5 Å². The summed E-state index contributed by atoms with van der Waals surface area (Å²) in [5.74, 6) is -0.805. The van der Waals surface area contributed by atoms with Gasteiger partial charge in [-0.2, -0.15) is 5.10 Å². The molecule has 1 saturated carbocycles. The number of aromatic nitrogens is 2. The summed E-state index contributed by atoms with van der Waals surface area (Å²) in [6.07, 6.45) is 2.71. The van der Waals surface area contributed by atoms with Crippen LogP contribution in [-0.2, 0) is 17.3 Å². The number of hydrogen-bond acceptors (Lipinski definition) is 4. The van der Waals surface area contributed by atoms with Crippen LogP contribution in [0.25, 0.3) is 10.6 Å². The number of rotatable bonds is 4. The lowest BCUT2D eigenvalue weighted by Gasteiger charge is -2.36. The van der Waals surface area contributed by atoms with Crippen molar-refractivity contribution in [3.63, 3.8) is 0 Å². The Morgan fingerprint density at radius 2 is 1.80 bits per heavy atom. The third-order valence-corrected chi connectivity index (χ3v) is 7.19. The molecule has 4 rings (SSSR count). The zero-order valence-corrected chi connectivity index (χ0v) is 18.7. The Bertz CT molecular complexity index is 1120. The van der Waals surface area contributed by atoms with Crippen molar-refractivity contribution < 1.29 is 9.90 Å².